The molecule has 0 bridgehead atoms. The van der Waals surface area contributed by atoms with Gasteiger partial charge in [0, 0.05) is 22.0 Å². The molecule has 1 unspecified atom stereocenters. The minimum Gasteiger partial charge on any atom is -0.465 e. The van der Waals surface area contributed by atoms with Gasteiger partial charge in [-0.15, -0.1) is 11.3 Å². The molecule has 4 rings (SSSR count). The molecule has 2 heterocycles. The van der Waals surface area contributed by atoms with Gasteiger partial charge in [0.25, 0.3) is 17.4 Å². The Bertz CT molecular complexity index is 1080. The van der Waals surface area contributed by atoms with Crippen molar-refractivity contribution in [1.29, 1.82) is 0 Å². The van der Waals surface area contributed by atoms with E-state index >= 15 is 0 Å². The molecule has 2 amide bonds. The Morgan fingerprint density at radius 3 is 2.69 bits per heavy atom. The lowest BCUT2D eigenvalue weighted by Gasteiger charge is -2.38. The summed E-state index contributed by atoms with van der Waals surface area (Å²) in [5, 5.41) is 5.02. The highest BCUT2D eigenvalue weighted by molar-refractivity contribution is 9.10. The minimum atomic E-state index is -1.67. The second kappa shape index (κ2) is 7.61. The molecule has 1 N–H and O–H groups in total. The molecule has 0 saturated heterocycles. The van der Waals surface area contributed by atoms with E-state index in [-0.39, 0.29) is 0 Å². The molecule has 6 nitrogen and oxygen atoms in total. The number of rotatable bonds is 4. The van der Waals surface area contributed by atoms with Crippen LogP contribution in [-0.2, 0) is 9.59 Å². The number of hydrogen-bond acceptors (Lipinski definition) is 5. The van der Waals surface area contributed by atoms with Gasteiger partial charge >= 0.3 is 0 Å². The average Bonchev–Trinajstić information content (AvgIpc) is 3.18. The first kappa shape index (κ1) is 19.6. The van der Waals surface area contributed by atoms with Crippen molar-refractivity contribution >= 4 is 49.9 Å². The maximum atomic E-state index is 13.0. The molecule has 0 fully saturated rings. The average molecular weight is 472 g/mol. The highest BCUT2D eigenvalue weighted by Gasteiger charge is 2.50. The first-order chi connectivity index (χ1) is 13.9. The molecular weight excluding hydrogens is 454 g/mol. The zero-order valence-electron chi connectivity index (χ0n) is 15.8. The van der Waals surface area contributed by atoms with Gasteiger partial charge in [-0.2, -0.15) is 0 Å². The Morgan fingerprint density at radius 2 is 1.97 bits per heavy atom. The van der Waals surface area contributed by atoms with E-state index in [2.05, 4.69) is 26.2 Å². The molecule has 8 heteroatoms. The molecule has 148 valence electrons. The third kappa shape index (κ3) is 3.54. The van der Waals surface area contributed by atoms with Gasteiger partial charge < -0.3 is 9.64 Å². The van der Waals surface area contributed by atoms with Gasteiger partial charge in [0.05, 0.1) is 11.4 Å². The summed E-state index contributed by atoms with van der Waals surface area (Å²) in [6.45, 7) is 3.79. The lowest BCUT2D eigenvalue weighted by Crippen LogP contribution is -2.60. The highest BCUT2D eigenvalue weighted by Crippen LogP contribution is 2.38. The molecule has 0 saturated carbocycles. The molecule has 2 aromatic carbocycles. The van der Waals surface area contributed by atoms with Crippen LogP contribution < -0.4 is 15.0 Å². The Morgan fingerprint density at radius 1 is 1.24 bits per heavy atom. The monoisotopic (exact) mass is 471 g/mol. The van der Waals surface area contributed by atoms with Gasteiger partial charge in [-0.05, 0) is 38.1 Å². The zero-order valence-corrected chi connectivity index (χ0v) is 18.2. The summed E-state index contributed by atoms with van der Waals surface area (Å²) in [6, 6.07) is 14.9. The Kier molecular flexibility index (Phi) is 5.14. The third-order valence-electron chi connectivity index (χ3n) is 4.74. The molecular formula is C21H18BrN3O3S. The number of halogens is 1. The van der Waals surface area contributed by atoms with Gasteiger partial charge in [0.1, 0.15) is 5.75 Å². The molecule has 0 aliphatic carbocycles. The largest absolute Gasteiger partial charge is 0.465 e. The smallest absolute Gasteiger partial charge is 0.280 e. The van der Waals surface area contributed by atoms with E-state index in [9.17, 15) is 9.59 Å². The minimum absolute atomic E-state index is 0.402. The standard InChI is InChI=1S/C21H18BrN3O3S/c1-3-25-16-6-4-5-7-17(16)28-21(2,19(25)27)18(26)24-20-23-15(12-29-20)13-8-10-14(22)11-9-13/h4-12H,3H2,1-2H3,(H,23,24,26). The van der Waals surface area contributed by atoms with E-state index in [0.29, 0.717) is 23.1 Å². The Balaban J connectivity index is 1.58. The van der Waals surface area contributed by atoms with Crippen LogP contribution in [0.3, 0.4) is 0 Å². The van der Waals surface area contributed by atoms with Crippen molar-refractivity contribution in [3.05, 3.63) is 58.4 Å². The molecule has 0 spiro atoms. The predicted octanol–water partition coefficient (Wildman–Crippen LogP) is 4.72. The number of amides is 2. The van der Waals surface area contributed by atoms with Crippen molar-refractivity contribution in [3.8, 4) is 17.0 Å². The molecule has 29 heavy (non-hydrogen) atoms. The van der Waals surface area contributed by atoms with E-state index in [1.54, 1.807) is 17.0 Å². The number of ether oxygens (including phenoxy) is 1. The number of hydrogen-bond donors (Lipinski definition) is 1. The number of nitrogens with one attached hydrogen (secondary N) is 1. The van der Waals surface area contributed by atoms with Crippen LogP contribution in [0.25, 0.3) is 11.3 Å². The third-order valence-corrected chi connectivity index (χ3v) is 6.02. The summed E-state index contributed by atoms with van der Waals surface area (Å²) in [5.41, 5.74) is 0.678. The van der Waals surface area contributed by atoms with E-state index in [1.807, 2.05) is 48.7 Å². The quantitative estimate of drug-likeness (QED) is 0.559. The van der Waals surface area contributed by atoms with Gasteiger partial charge in [0.2, 0.25) is 0 Å². The molecule has 3 aromatic rings. The Hall–Kier alpha value is -2.71. The van der Waals surface area contributed by atoms with E-state index < -0.39 is 17.4 Å². The number of carbonyl (C=O) groups excluding carboxylic acids is 2. The van der Waals surface area contributed by atoms with E-state index in [4.69, 9.17) is 4.74 Å². The highest BCUT2D eigenvalue weighted by atomic mass is 79.9. The maximum Gasteiger partial charge on any atom is 0.280 e. The molecule has 1 atom stereocenters. The Labute approximate surface area is 180 Å². The maximum absolute atomic E-state index is 13.0. The van der Waals surface area contributed by atoms with E-state index in [0.717, 1.165) is 15.7 Å². The number of likely N-dealkylation sites (N-methyl/N-ethyl adjacent to an activating group) is 1. The van der Waals surface area contributed by atoms with Crippen molar-refractivity contribution in [2.45, 2.75) is 19.4 Å². The number of thiazole rings is 1. The van der Waals surface area contributed by atoms with E-state index in [1.165, 1.54) is 18.3 Å². The second-order valence-corrected chi connectivity index (χ2v) is 8.43. The zero-order chi connectivity index (χ0) is 20.6. The fourth-order valence-electron chi connectivity index (χ4n) is 3.16. The lowest BCUT2D eigenvalue weighted by atomic mass is 10.00. The van der Waals surface area contributed by atoms with Crippen LogP contribution >= 0.6 is 27.3 Å². The van der Waals surface area contributed by atoms with Gasteiger partial charge in [-0.3, -0.25) is 14.9 Å². The van der Waals surface area contributed by atoms with Crippen LogP contribution in [0.1, 0.15) is 13.8 Å². The normalized spacial score (nSPS) is 18.2. The van der Waals surface area contributed by atoms with Crippen LogP contribution in [0.4, 0.5) is 10.8 Å². The van der Waals surface area contributed by atoms with Crippen LogP contribution in [0.15, 0.2) is 58.4 Å². The van der Waals surface area contributed by atoms with Crippen molar-refractivity contribution in [2.75, 3.05) is 16.8 Å². The summed E-state index contributed by atoms with van der Waals surface area (Å²) in [5.74, 6) is -0.450. The number of benzene rings is 2. The number of para-hydroxylation sites is 2. The first-order valence-electron chi connectivity index (χ1n) is 9.05. The fraction of sp³-hybridized carbons (Fsp3) is 0.190. The van der Waals surface area contributed by atoms with Gasteiger partial charge in [-0.25, -0.2) is 4.98 Å². The number of carbonyl (C=O) groups is 2. The molecule has 0 radical (unpaired) electrons. The molecule has 1 aliphatic rings. The number of aromatic nitrogens is 1. The summed E-state index contributed by atoms with van der Waals surface area (Å²) in [6.07, 6.45) is 0. The van der Waals surface area contributed by atoms with Gasteiger partial charge in [0.15, 0.2) is 5.13 Å². The molecule has 1 aromatic heterocycles. The molecule has 1 aliphatic heterocycles. The lowest BCUT2D eigenvalue weighted by molar-refractivity contribution is -0.145. The summed E-state index contributed by atoms with van der Waals surface area (Å²) in [4.78, 5) is 32.1. The number of fused-ring (bicyclic) bond motifs is 1. The summed E-state index contributed by atoms with van der Waals surface area (Å²) >= 11 is 4.71. The van der Waals surface area contributed by atoms with Gasteiger partial charge in [-0.1, -0.05) is 40.2 Å². The van der Waals surface area contributed by atoms with Crippen molar-refractivity contribution < 1.29 is 14.3 Å². The fourth-order valence-corrected chi connectivity index (χ4v) is 4.13. The van der Waals surface area contributed by atoms with Crippen LogP contribution in [0, 0.1) is 0 Å². The van der Waals surface area contributed by atoms with Crippen molar-refractivity contribution in [1.82, 2.24) is 4.98 Å². The van der Waals surface area contributed by atoms with Crippen LogP contribution in [0.2, 0.25) is 0 Å². The van der Waals surface area contributed by atoms with Crippen molar-refractivity contribution in [2.24, 2.45) is 0 Å². The second-order valence-electron chi connectivity index (χ2n) is 6.65. The summed E-state index contributed by atoms with van der Waals surface area (Å²) in [7, 11) is 0. The number of nitrogens with zero attached hydrogens (tertiary/aromatic N) is 2. The first-order valence-corrected chi connectivity index (χ1v) is 10.7. The van der Waals surface area contributed by atoms with Crippen LogP contribution in [-0.4, -0.2) is 28.9 Å². The topological polar surface area (TPSA) is 71.5 Å². The summed E-state index contributed by atoms with van der Waals surface area (Å²) < 4.78 is 6.85. The van der Waals surface area contributed by atoms with Crippen LogP contribution in [0.5, 0.6) is 5.75 Å². The number of anilines is 2. The predicted molar refractivity (Wildman–Crippen MR) is 117 cm³/mol. The SMILES string of the molecule is CCN1C(=O)C(C)(C(=O)Nc2nc(-c3ccc(Br)cc3)cs2)Oc2ccccc21. The van der Waals surface area contributed by atoms with Crippen molar-refractivity contribution in [3.63, 3.8) is 0 Å².